The van der Waals surface area contributed by atoms with Gasteiger partial charge in [-0.25, -0.2) is 8.42 Å². The first-order valence-electron chi connectivity index (χ1n) is 8.92. The number of amides is 1. The monoisotopic (exact) mass is 428 g/mol. The van der Waals surface area contributed by atoms with Crippen LogP contribution in [0, 0.1) is 13.8 Å². The van der Waals surface area contributed by atoms with Gasteiger partial charge in [-0.3, -0.25) is 9.10 Å². The van der Waals surface area contributed by atoms with E-state index in [1.807, 2.05) is 32.0 Å². The maximum atomic E-state index is 12.9. The third-order valence-corrected chi connectivity index (χ3v) is 6.73. The van der Waals surface area contributed by atoms with Gasteiger partial charge in [0.15, 0.2) is 0 Å². The van der Waals surface area contributed by atoms with Crippen molar-refractivity contribution in [2.75, 3.05) is 16.7 Å². The molecule has 0 heterocycles. The SMILES string of the molecule is Cc1ccc(C)c(NC(=O)c2cc(N(C)S(=O)(=O)c3ccccc3)ccc2Cl)c1. The number of nitrogens with zero attached hydrogens (tertiary/aromatic N) is 1. The first-order chi connectivity index (χ1) is 13.7. The predicted octanol–water partition coefficient (Wildman–Crippen LogP) is 5.03. The smallest absolute Gasteiger partial charge is 0.264 e. The number of carbonyl (C=O) groups is 1. The summed E-state index contributed by atoms with van der Waals surface area (Å²) in [7, 11) is -2.32. The molecule has 150 valence electrons. The standard InChI is InChI=1S/C22H21ClN2O3S/c1-15-9-10-16(2)21(13-15)24-22(26)19-14-17(11-12-20(19)23)25(3)29(27,28)18-7-5-4-6-8-18/h4-14H,1-3H3,(H,24,26). The fraction of sp³-hybridized carbons (Fsp3) is 0.136. The van der Waals surface area contributed by atoms with Crippen LogP contribution in [0.2, 0.25) is 5.02 Å². The van der Waals surface area contributed by atoms with Crippen molar-refractivity contribution in [2.45, 2.75) is 18.7 Å². The van der Waals surface area contributed by atoms with Gasteiger partial charge in [-0.2, -0.15) is 0 Å². The Hall–Kier alpha value is -2.83. The molecule has 3 aromatic carbocycles. The number of halogens is 1. The van der Waals surface area contributed by atoms with Gasteiger partial charge in [-0.15, -0.1) is 0 Å². The maximum absolute atomic E-state index is 12.9. The van der Waals surface area contributed by atoms with E-state index in [9.17, 15) is 13.2 Å². The van der Waals surface area contributed by atoms with Crippen molar-refractivity contribution < 1.29 is 13.2 Å². The molecule has 1 N–H and O–H groups in total. The summed E-state index contributed by atoms with van der Waals surface area (Å²) in [5.74, 6) is -0.406. The van der Waals surface area contributed by atoms with Gasteiger partial charge in [0.1, 0.15) is 0 Å². The Kier molecular flexibility index (Phi) is 5.96. The Balaban J connectivity index is 1.93. The third kappa shape index (κ3) is 4.44. The van der Waals surface area contributed by atoms with Crippen molar-refractivity contribution in [2.24, 2.45) is 0 Å². The summed E-state index contributed by atoms with van der Waals surface area (Å²) in [6, 6.07) is 18.4. The molecule has 5 nitrogen and oxygen atoms in total. The number of hydrogen-bond donors (Lipinski definition) is 1. The van der Waals surface area contributed by atoms with Crippen LogP contribution in [0.25, 0.3) is 0 Å². The molecule has 0 atom stereocenters. The van der Waals surface area contributed by atoms with Gasteiger partial charge in [0.05, 0.1) is 21.2 Å². The van der Waals surface area contributed by atoms with Gasteiger partial charge < -0.3 is 5.32 Å². The molecule has 0 bridgehead atoms. The highest BCUT2D eigenvalue weighted by Gasteiger charge is 2.22. The number of aryl methyl sites for hydroxylation is 2. The van der Waals surface area contributed by atoms with Gasteiger partial charge in [-0.1, -0.05) is 41.9 Å². The number of rotatable bonds is 5. The molecule has 0 saturated heterocycles. The summed E-state index contributed by atoms with van der Waals surface area (Å²) in [6.45, 7) is 3.83. The van der Waals surface area contributed by atoms with E-state index >= 15 is 0 Å². The number of sulfonamides is 1. The molecule has 0 aromatic heterocycles. The van der Waals surface area contributed by atoms with Gasteiger partial charge in [0.25, 0.3) is 15.9 Å². The molecular weight excluding hydrogens is 408 g/mol. The molecular formula is C22H21ClN2O3S. The predicted molar refractivity (Wildman–Crippen MR) is 117 cm³/mol. The second-order valence-electron chi connectivity index (χ2n) is 6.72. The lowest BCUT2D eigenvalue weighted by Crippen LogP contribution is -2.27. The van der Waals surface area contributed by atoms with E-state index in [2.05, 4.69) is 5.32 Å². The van der Waals surface area contributed by atoms with E-state index in [0.29, 0.717) is 11.4 Å². The molecule has 0 spiro atoms. The average molecular weight is 429 g/mol. The summed E-state index contributed by atoms with van der Waals surface area (Å²) < 4.78 is 26.9. The minimum Gasteiger partial charge on any atom is -0.322 e. The molecule has 7 heteroatoms. The zero-order valence-corrected chi connectivity index (χ0v) is 17.9. The molecule has 0 unspecified atom stereocenters. The van der Waals surface area contributed by atoms with E-state index < -0.39 is 15.9 Å². The molecule has 3 rings (SSSR count). The number of carbonyl (C=O) groups excluding carboxylic acids is 1. The summed E-state index contributed by atoms with van der Waals surface area (Å²) >= 11 is 6.24. The van der Waals surface area contributed by atoms with Crippen LogP contribution in [0.3, 0.4) is 0 Å². The quantitative estimate of drug-likeness (QED) is 0.619. The largest absolute Gasteiger partial charge is 0.322 e. The Labute approximate surface area is 176 Å². The third-order valence-electron chi connectivity index (χ3n) is 4.60. The summed E-state index contributed by atoms with van der Waals surface area (Å²) in [4.78, 5) is 13.0. The minimum atomic E-state index is -3.76. The molecule has 0 radical (unpaired) electrons. The van der Waals surface area contributed by atoms with Crippen molar-refractivity contribution in [1.82, 2.24) is 0 Å². The van der Waals surface area contributed by atoms with Crippen LogP contribution < -0.4 is 9.62 Å². The van der Waals surface area contributed by atoms with Crippen LogP contribution in [0.5, 0.6) is 0 Å². The zero-order valence-electron chi connectivity index (χ0n) is 16.3. The lowest BCUT2D eigenvalue weighted by atomic mass is 10.1. The van der Waals surface area contributed by atoms with Crippen molar-refractivity contribution >= 4 is 38.9 Å². The Morgan fingerprint density at radius 3 is 2.34 bits per heavy atom. The van der Waals surface area contributed by atoms with Gasteiger partial charge in [-0.05, 0) is 61.4 Å². The fourth-order valence-corrected chi connectivity index (χ4v) is 4.24. The minimum absolute atomic E-state index is 0.166. The molecule has 1 amide bonds. The molecule has 0 aliphatic heterocycles. The maximum Gasteiger partial charge on any atom is 0.264 e. The number of anilines is 2. The highest BCUT2D eigenvalue weighted by atomic mass is 35.5. The van der Waals surface area contributed by atoms with E-state index in [4.69, 9.17) is 11.6 Å². The summed E-state index contributed by atoms with van der Waals surface area (Å²) in [5, 5.41) is 3.09. The van der Waals surface area contributed by atoms with E-state index in [0.717, 1.165) is 15.4 Å². The fourth-order valence-electron chi connectivity index (χ4n) is 2.83. The van der Waals surface area contributed by atoms with Gasteiger partial charge >= 0.3 is 0 Å². The van der Waals surface area contributed by atoms with E-state index in [-0.39, 0.29) is 15.5 Å². The second kappa shape index (κ2) is 8.27. The molecule has 0 aliphatic carbocycles. The molecule has 3 aromatic rings. The molecule has 0 aliphatic rings. The second-order valence-corrected chi connectivity index (χ2v) is 9.10. The zero-order chi connectivity index (χ0) is 21.2. The number of hydrogen-bond acceptors (Lipinski definition) is 3. The van der Waals surface area contributed by atoms with Crippen LogP contribution in [0.15, 0.2) is 71.6 Å². The molecule has 0 saturated carbocycles. The summed E-state index contributed by atoms with van der Waals surface area (Å²) in [6.07, 6.45) is 0. The Morgan fingerprint density at radius 1 is 0.966 bits per heavy atom. The topological polar surface area (TPSA) is 66.5 Å². The van der Waals surface area contributed by atoms with Crippen LogP contribution in [-0.4, -0.2) is 21.4 Å². The van der Waals surface area contributed by atoms with E-state index in [1.165, 1.54) is 31.3 Å². The summed E-state index contributed by atoms with van der Waals surface area (Å²) in [5.41, 5.74) is 3.14. The highest BCUT2D eigenvalue weighted by molar-refractivity contribution is 7.92. The van der Waals surface area contributed by atoms with E-state index in [1.54, 1.807) is 24.3 Å². The Morgan fingerprint density at radius 2 is 1.66 bits per heavy atom. The van der Waals surface area contributed by atoms with Crippen molar-refractivity contribution in [3.8, 4) is 0 Å². The first kappa shape index (κ1) is 20.9. The van der Waals surface area contributed by atoms with Gasteiger partial charge in [0, 0.05) is 12.7 Å². The van der Waals surface area contributed by atoms with Crippen molar-refractivity contribution in [3.05, 3.63) is 88.4 Å². The van der Waals surface area contributed by atoms with Crippen molar-refractivity contribution in [3.63, 3.8) is 0 Å². The van der Waals surface area contributed by atoms with Crippen molar-refractivity contribution in [1.29, 1.82) is 0 Å². The number of benzene rings is 3. The lowest BCUT2D eigenvalue weighted by Gasteiger charge is -2.20. The Bertz CT molecular complexity index is 1160. The average Bonchev–Trinajstić information content (AvgIpc) is 2.71. The van der Waals surface area contributed by atoms with Crippen LogP contribution in [0.1, 0.15) is 21.5 Å². The van der Waals surface area contributed by atoms with Gasteiger partial charge in [0.2, 0.25) is 0 Å². The molecule has 29 heavy (non-hydrogen) atoms. The lowest BCUT2D eigenvalue weighted by molar-refractivity contribution is 0.102. The van der Waals surface area contributed by atoms with Crippen LogP contribution in [0.4, 0.5) is 11.4 Å². The van der Waals surface area contributed by atoms with Crippen LogP contribution in [-0.2, 0) is 10.0 Å². The molecule has 0 fully saturated rings. The van der Waals surface area contributed by atoms with Crippen LogP contribution >= 0.6 is 11.6 Å². The highest BCUT2D eigenvalue weighted by Crippen LogP contribution is 2.28. The first-order valence-corrected chi connectivity index (χ1v) is 10.7. The number of nitrogens with one attached hydrogen (secondary N) is 1. The normalized spacial score (nSPS) is 11.2.